The van der Waals surface area contributed by atoms with Gasteiger partial charge in [-0.2, -0.15) is 0 Å². The Balaban J connectivity index is 2.24. The summed E-state index contributed by atoms with van der Waals surface area (Å²) in [6, 6.07) is 10.4. The second-order valence-corrected chi connectivity index (χ2v) is 5.67. The molecule has 0 aliphatic rings. The van der Waals surface area contributed by atoms with E-state index in [0.717, 1.165) is 5.56 Å². The van der Waals surface area contributed by atoms with Crippen LogP contribution in [0.15, 0.2) is 36.4 Å². The van der Waals surface area contributed by atoms with Crippen molar-refractivity contribution in [2.45, 2.75) is 6.61 Å². The molecule has 0 heterocycles. The van der Waals surface area contributed by atoms with Gasteiger partial charge in [-0.05, 0) is 24.3 Å². The summed E-state index contributed by atoms with van der Waals surface area (Å²) in [5.41, 5.74) is 7.05. The van der Waals surface area contributed by atoms with Crippen LogP contribution in [0.2, 0.25) is 15.1 Å². The molecule has 0 saturated carbocycles. The second-order valence-electron chi connectivity index (χ2n) is 4.01. The highest BCUT2D eigenvalue weighted by molar-refractivity contribution is 7.80. The fourth-order valence-electron chi connectivity index (χ4n) is 1.63. The van der Waals surface area contributed by atoms with Crippen LogP contribution in [0.4, 0.5) is 0 Å². The molecular weight excluding hydrogens is 337 g/mol. The van der Waals surface area contributed by atoms with Gasteiger partial charge < -0.3 is 10.5 Å². The number of benzene rings is 2. The molecule has 2 nitrogen and oxygen atoms in total. The fraction of sp³-hybridized carbons (Fsp3) is 0.0714. The molecule has 2 aromatic rings. The van der Waals surface area contributed by atoms with Crippen molar-refractivity contribution in [1.82, 2.24) is 0 Å². The van der Waals surface area contributed by atoms with Gasteiger partial charge in [0, 0.05) is 10.6 Å². The number of hydrogen-bond acceptors (Lipinski definition) is 2. The standard InChI is InChI=1S/C14H10Cl3NOS/c15-9-4-5-10(14(18)20)12(6-9)19-7-8-2-1-3-11(16)13(8)17/h1-6H,7H2,(H2,18,20). The van der Waals surface area contributed by atoms with E-state index in [-0.39, 0.29) is 11.6 Å². The minimum Gasteiger partial charge on any atom is -0.488 e. The summed E-state index contributed by atoms with van der Waals surface area (Å²) < 4.78 is 5.71. The predicted molar refractivity (Wildman–Crippen MR) is 88.1 cm³/mol. The summed E-state index contributed by atoms with van der Waals surface area (Å²) >= 11 is 23.0. The van der Waals surface area contributed by atoms with Crippen molar-refractivity contribution in [3.63, 3.8) is 0 Å². The molecule has 0 aromatic heterocycles. The van der Waals surface area contributed by atoms with Crippen LogP contribution in [0.1, 0.15) is 11.1 Å². The summed E-state index contributed by atoms with van der Waals surface area (Å²) in [6.45, 7) is 0.245. The molecule has 0 fully saturated rings. The number of thiocarbonyl (C=S) groups is 1. The Morgan fingerprint density at radius 3 is 2.60 bits per heavy atom. The van der Waals surface area contributed by atoms with Crippen molar-refractivity contribution in [2.24, 2.45) is 5.73 Å². The van der Waals surface area contributed by atoms with Gasteiger partial charge in [0.05, 0.1) is 15.6 Å². The average molecular weight is 347 g/mol. The molecule has 104 valence electrons. The lowest BCUT2D eigenvalue weighted by Gasteiger charge is -2.12. The average Bonchev–Trinajstić information content (AvgIpc) is 2.40. The molecule has 0 amide bonds. The first-order valence-electron chi connectivity index (χ1n) is 5.64. The normalized spacial score (nSPS) is 10.3. The maximum absolute atomic E-state index is 6.10. The van der Waals surface area contributed by atoms with Crippen LogP contribution in [0, 0.1) is 0 Å². The van der Waals surface area contributed by atoms with E-state index in [1.165, 1.54) is 0 Å². The Bertz CT molecular complexity index is 661. The highest BCUT2D eigenvalue weighted by Crippen LogP contribution is 2.28. The SMILES string of the molecule is NC(=S)c1ccc(Cl)cc1OCc1cccc(Cl)c1Cl. The molecule has 2 aromatic carbocycles. The minimum atomic E-state index is 0.244. The summed E-state index contributed by atoms with van der Waals surface area (Å²) in [6.07, 6.45) is 0. The van der Waals surface area contributed by atoms with Gasteiger partial charge in [-0.15, -0.1) is 0 Å². The van der Waals surface area contributed by atoms with Crippen molar-refractivity contribution in [3.05, 3.63) is 62.6 Å². The number of ether oxygens (including phenoxy) is 1. The third-order valence-corrected chi connectivity index (χ3v) is 3.94. The Hall–Kier alpha value is -1.000. The van der Waals surface area contributed by atoms with Crippen LogP contribution in [0.25, 0.3) is 0 Å². The molecule has 0 bridgehead atoms. The lowest BCUT2D eigenvalue weighted by Crippen LogP contribution is -2.11. The van der Waals surface area contributed by atoms with Crippen molar-refractivity contribution >= 4 is 52.0 Å². The smallest absolute Gasteiger partial charge is 0.131 e. The zero-order valence-corrected chi connectivity index (χ0v) is 13.3. The van der Waals surface area contributed by atoms with Gasteiger partial charge in [-0.3, -0.25) is 0 Å². The van der Waals surface area contributed by atoms with Crippen LogP contribution >= 0.6 is 47.0 Å². The molecule has 0 aliphatic carbocycles. The molecule has 0 saturated heterocycles. The van der Waals surface area contributed by atoms with Crippen LogP contribution < -0.4 is 10.5 Å². The van der Waals surface area contributed by atoms with Crippen molar-refractivity contribution in [3.8, 4) is 5.75 Å². The molecule has 0 aliphatic heterocycles. The van der Waals surface area contributed by atoms with E-state index in [2.05, 4.69) is 0 Å². The summed E-state index contributed by atoms with van der Waals surface area (Å²) in [7, 11) is 0. The summed E-state index contributed by atoms with van der Waals surface area (Å²) in [5.74, 6) is 0.515. The molecule has 20 heavy (non-hydrogen) atoms. The van der Waals surface area contributed by atoms with E-state index in [9.17, 15) is 0 Å². The zero-order chi connectivity index (χ0) is 14.7. The third-order valence-electron chi connectivity index (χ3n) is 2.62. The van der Waals surface area contributed by atoms with Crippen LogP contribution in [0.5, 0.6) is 5.75 Å². The molecule has 2 N–H and O–H groups in total. The van der Waals surface area contributed by atoms with Crippen LogP contribution in [-0.2, 0) is 6.61 Å². The molecule has 0 spiro atoms. The van der Waals surface area contributed by atoms with E-state index < -0.39 is 0 Å². The monoisotopic (exact) mass is 345 g/mol. The minimum absolute atomic E-state index is 0.244. The Kier molecular flexibility index (Phi) is 5.11. The van der Waals surface area contributed by atoms with Gasteiger partial charge in [0.15, 0.2) is 0 Å². The lowest BCUT2D eigenvalue weighted by molar-refractivity contribution is 0.306. The third kappa shape index (κ3) is 3.55. The van der Waals surface area contributed by atoms with Gasteiger partial charge in [-0.25, -0.2) is 0 Å². The zero-order valence-electron chi connectivity index (χ0n) is 10.2. The van der Waals surface area contributed by atoms with E-state index in [1.807, 2.05) is 6.07 Å². The predicted octanol–water partition coefficient (Wildman–Crippen LogP) is 4.86. The first-order valence-corrected chi connectivity index (χ1v) is 7.18. The molecule has 2 rings (SSSR count). The maximum atomic E-state index is 6.10. The summed E-state index contributed by atoms with van der Waals surface area (Å²) in [5, 5.41) is 1.48. The summed E-state index contributed by atoms with van der Waals surface area (Å²) in [4.78, 5) is 0.244. The lowest BCUT2D eigenvalue weighted by atomic mass is 10.2. The number of rotatable bonds is 4. The molecule has 0 radical (unpaired) electrons. The highest BCUT2D eigenvalue weighted by Gasteiger charge is 2.10. The Morgan fingerprint density at radius 1 is 1.15 bits per heavy atom. The largest absolute Gasteiger partial charge is 0.488 e. The molecular formula is C14H10Cl3NOS. The van der Waals surface area contributed by atoms with Gasteiger partial charge in [0.1, 0.15) is 17.3 Å². The van der Waals surface area contributed by atoms with Gasteiger partial charge >= 0.3 is 0 Å². The van der Waals surface area contributed by atoms with E-state index >= 15 is 0 Å². The number of nitrogens with two attached hydrogens (primary N) is 1. The fourth-order valence-corrected chi connectivity index (χ4v) is 2.34. The molecule has 6 heteroatoms. The van der Waals surface area contributed by atoms with E-state index in [0.29, 0.717) is 26.4 Å². The van der Waals surface area contributed by atoms with Gasteiger partial charge in [-0.1, -0.05) is 59.2 Å². The van der Waals surface area contributed by atoms with Crippen LogP contribution in [0.3, 0.4) is 0 Å². The highest BCUT2D eigenvalue weighted by atomic mass is 35.5. The second kappa shape index (κ2) is 6.64. The van der Waals surface area contributed by atoms with Crippen molar-refractivity contribution in [2.75, 3.05) is 0 Å². The van der Waals surface area contributed by atoms with Crippen molar-refractivity contribution < 1.29 is 4.74 Å². The molecule has 0 unspecified atom stereocenters. The topological polar surface area (TPSA) is 35.2 Å². The van der Waals surface area contributed by atoms with Gasteiger partial charge in [0.2, 0.25) is 0 Å². The first-order chi connectivity index (χ1) is 9.49. The quantitative estimate of drug-likeness (QED) is 0.803. The van der Waals surface area contributed by atoms with Crippen molar-refractivity contribution in [1.29, 1.82) is 0 Å². The molecule has 0 atom stereocenters. The number of hydrogen-bond donors (Lipinski definition) is 1. The Morgan fingerprint density at radius 2 is 1.90 bits per heavy atom. The Labute approximate surface area is 137 Å². The van der Waals surface area contributed by atoms with Gasteiger partial charge in [0.25, 0.3) is 0 Å². The first kappa shape index (κ1) is 15.4. The van der Waals surface area contributed by atoms with E-state index in [4.69, 9.17) is 57.5 Å². The number of halogens is 3. The maximum Gasteiger partial charge on any atom is 0.131 e. The van der Waals surface area contributed by atoms with Crippen LogP contribution in [-0.4, -0.2) is 4.99 Å². The van der Waals surface area contributed by atoms with E-state index in [1.54, 1.807) is 30.3 Å².